The van der Waals surface area contributed by atoms with Crippen LogP contribution < -0.4 is 0 Å². The Bertz CT molecular complexity index is 251. The highest BCUT2D eigenvalue weighted by Gasteiger charge is 2.32. The van der Waals surface area contributed by atoms with Crippen LogP contribution >= 0.6 is 0 Å². The first-order valence-electron chi connectivity index (χ1n) is 4.04. The molecular formula is C9H11F2NO. The summed E-state index contributed by atoms with van der Waals surface area (Å²) in [6, 6.07) is 4.42. The van der Waals surface area contributed by atoms with E-state index in [1.54, 1.807) is 13.0 Å². The Morgan fingerprint density at radius 3 is 2.77 bits per heavy atom. The lowest BCUT2D eigenvalue weighted by atomic mass is 10.2. The molecule has 0 spiro atoms. The predicted molar refractivity (Wildman–Crippen MR) is 44.6 cm³/mol. The molecule has 1 aromatic heterocycles. The van der Waals surface area contributed by atoms with Crippen LogP contribution in [0.1, 0.15) is 12.6 Å². The molecular weight excluding hydrogens is 176 g/mol. The fraction of sp³-hybridized carbons (Fsp3) is 0.444. The molecule has 1 heterocycles. The normalized spacial score (nSPS) is 11.6. The van der Waals surface area contributed by atoms with Crippen LogP contribution in [-0.4, -0.2) is 18.2 Å². The Balaban J connectivity index is 2.69. The van der Waals surface area contributed by atoms with E-state index in [9.17, 15) is 8.78 Å². The molecule has 0 radical (unpaired) electrons. The minimum absolute atomic E-state index is 0.247. The third-order valence-corrected chi connectivity index (χ3v) is 1.53. The minimum atomic E-state index is -2.99. The second kappa shape index (κ2) is 4.28. The first-order valence-corrected chi connectivity index (χ1v) is 4.04. The average molecular weight is 187 g/mol. The fourth-order valence-corrected chi connectivity index (χ4v) is 0.883. The summed E-state index contributed by atoms with van der Waals surface area (Å²) in [5, 5.41) is 0. The second-order valence-electron chi connectivity index (χ2n) is 2.56. The molecule has 72 valence electrons. The van der Waals surface area contributed by atoms with Gasteiger partial charge in [0.25, 0.3) is 0 Å². The fourth-order valence-electron chi connectivity index (χ4n) is 0.883. The Morgan fingerprint density at radius 1 is 1.46 bits per heavy atom. The zero-order valence-corrected chi connectivity index (χ0v) is 7.34. The lowest BCUT2D eigenvalue weighted by Crippen LogP contribution is -2.22. The van der Waals surface area contributed by atoms with E-state index in [-0.39, 0.29) is 12.3 Å². The summed E-state index contributed by atoms with van der Waals surface area (Å²) in [5.41, 5.74) is -0.247. The highest BCUT2D eigenvalue weighted by atomic mass is 19.3. The summed E-state index contributed by atoms with van der Waals surface area (Å²) in [6.45, 7) is 1.34. The SMILES string of the molecule is CCOCC(F)(F)c1ccccn1. The second-order valence-corrected chi connectivity index (χ2v) is 2.56. The van der Waals surface area contributed by atoms with Crippen LogP contribution in [-0.2, 0) is 10.7 Å². The largest absolute Gasteiger partial charge is 0.375 e. The molecule has 0 fully saturated rings. The van der Waals surface area contributed by atoms with Gasteiger partial charge in [-0.05, 0) is 19.1 Å². The summed E-state index contributed by atoms with van der Waals surface area (Å²) in [5.74, 6) is -2.99. The van der Waals surface area contributed by atoms with Gasteiger partial charge in [-0.3, -0.25) is 4.98 Å². The average Bonchev–Trinajstić information content (AvgIpc) is 2.16. The van der Waals surface area contributed by atoms with Crippen molar-refractivity contribution < 1.29 is 13.5 Å². The number of rotatable bonds is 4. The molecule has 0 aliphatic heterocycles. The number of hydrogen-bond acceptors (Lipinski definition) is 2. The smallest absolute Gasteiger partial charge is 0.312 e. The molecule has 0 bridgehead atoms. The van der Waals surface area contributed by atoms with Crippen LogP contribution in [0.4, 0.5) is 8.78 Å². The monoisotopic (exact) mass is 187 g/mol. The maximum Gasteiger partial charge on any atom is 0.312 e. The Morgan fingerprint density at radius 2 is 2.23 bits per heavy atom. The van der Waals surface area contributed by atoms with Crippen LogP contribution in [0.15, 0.2) is 24.4 Å². The molecule has 0 aliphatic carbocycles. The molecule has 0 saturated heterocycles. The van der Waals surface area contributed by atoms with Gasteiger partial charge >= 0.3 is 5.92 Å². The van der Waals surface area contributed by atoms with Crippen LogP contribution in [0.25, 0.3) is 0 Å². The van der Waals surface area contributed by atoms with Gasteiger partial charge in [-0.1, -0.05) is 6.07 Å². The van der Waals surface area contributed by atoms with Gasteiger partial charge in [0.15, 0.2) is 0 Å². The van der Waals surface area contributed by atoms with Crippen molar-refractivity contribution in [2.24, 2.45) is 0 Å². The lowest BCUT2D eigenvalue weighted by Gasteiger charge is -2.14. The number of ether oxygens (including phenoxy) is 1. The molecule has 0 N–H and O–H groups in total. The maximum atomic E-state index is 13.2. The molecule has 0 atom stereocenters. The number of aromatic nitrogens is 1. The van der Waals surface area contributed by atoms with Gasteiger partial charge in [-0.25, -0.2) is 0 Å². The van der Waals surface area contributed by atoms with Crippen molar-refractivity contribution in [3.8, 4) is 0 Å². The van der Waals surface area contributed by atoms with Crippen molar-refractivity contribution in [2.75, 3.05) is 13.2 Å². The van der Waals surface area contributed by atoms with Gasteiger partial charge in [-0.2, -0.15) is 8.78 Å². The summed E-state index contributed by atoms with van der Waals surface area (Å²) < 4.78 is 31.0. The quantitative estimate of drug-likeness (QED) is 0.721. The van der Waals surface area contributed by atoms with Crippen LogP contribution in [0.3, 0.4) is 0 Å². The Kier molecular flexibility index (Phi) is 3.31. The van der Waals surface area contributed by atoms with Gasteiger partial charge < -0.3 is 4.74 Å². The van der Waals surface area contributed by atoms with E-state index in [0.29, 0.717) is 0 Å². The van der Waals surface area contributed by atoms with Crippen molar-refractivity contribution in [1.82, 2.24) is 4.98 Å². The number of halogens is 2. The van der Waals surface area contributed by atoms with E-state index >= 15 is 0 Å². The van der Waals surface area contributed by atoms with Gasteiger partial charge in [0.2, 0.25) is 0 Å². The van der Waals surface area contributed by atoms with E-state index in [0.717, 1.165) is 0 Å². The molecule has 0 saturated carbocycles. The molecule has 2 nitrogen and oxygen atoms in total. The molecule has 4 heteroatoms. The summed E-state index contributed by atoms with van der Waals surface area (Å²) in [7, 11) is 0. The highest BCUT2D eigenvalue weighted by Crippen LogP contribution is 2.25. The zero-order valence-electron chi connectivity index (χ0n) is 7.34. The third kappa shape index (κ3) is 2.73. The highest BCUT2D eigenvalue weighted by molar-refractivity contribution is 5.09. The lowest BCUT2D eigenvalue weighted by molar-refractivity contribution is -0.0832. The molecule has 1 aromatic rings. The Labute approximate surface area is 75.6 Å². The topological polar surface area (TPSA) is 22.1 Å². The van der Waals surface area contributed by atoms with E-state index in [4.69, 9.17) is 0 Å². The number of nitrogens with zero attached hydrogens (tertiary/aromatic N) is 1. The third-order valence-electron chi connectivity index (χ3n) is 1.53. The van der Waals surface area contributed by atoms with Crippen molar-refractivity contribution in [3.05, 3.63) is 30.1 Å². The van der Waals surface area contributed by atoms with Crippen LogP contribution in [0, 0.1) is 0 Å². The number of alkyl halides is 2. The number of pyridine rings is 1. The predicted octanol–water partition coefficient (Wildman–Crippen LogP) is 2.21. The molecule has 0 unspecified atom stereocenters. The summed E-state index contributed by atoms with van der Waals surface area (Å²) >= 11 is 0. The molecule has 1 rings (SSSR count). The van der Waals surface area contributed by atoms with E-state index < -0.39 is 12.5 Å². The standard InChI is InChI=1S/C9H11F2NO/c1-2-13-7-9(10,11)8-5-3-4-6-12-8/h3-6H,2,7H2,1H3. The molecule has 0 aromatic carbocycles. The van der Waals surface area contributed by atoms with E-state index in [2.05, 4.69) is 9.72 Å². The van der Waals surface area contributed by atoms with E-state index in [1.807, 2.05) is 0 Å². The first kappa shape index (κ1) is 10.1. The summed E-state index contributed by atoms with van der Waals surface area (Å²) in [4.78, 5) is 3.57. The summed E-state index contributed by atoms with van der Waals surface area (Å²) in [6.07, 6.45) is 1.34. The maximum absolute atomic E-state index is 13.2. The minimum Gasteiger partial charge on any atom is -0.375 e. The van der Waals surface area contributed by atoms with Gasteiger partial charge in [0, 0.05) is 12.8 Å². The van der Waals surface area contributed by atoms with Gasteiger partial charge in [0.05, 0.1) is 0 Å². The van der Waals surface area contributed by atoms with Gasteiger partial charge in [0.1, 0.15) is 12.3 Å². The van der Waals surface area contributed by atoms with Crippen LogP contribution in [0.5, 0.6) is 0 Å². The van der Waals surface area contributed by atoms with Crippen molar-refractivity contribution >= 4 is 0 Å². The molecule has 13 heavy (non-hydrogen) atoms. The molecule has 0 aliphatic rings. The molecule has 0 amide bonds. The Hall–Kier alpha value is -1.03. The van der Waals surface area contributed by atoms with Crippen LogP contribution in [0.2, 0.25) is 0 Å². The van der Waals surface area contributed by atoms with Crippen molar-refractivity contribution in [3.63, 3.8) is 0 Å². The zero-order chi connectivity index (χ0) is 9.73. The van der Waals surface area contributed by atoms with E-state index in [1.165, 1.54) is 18.3 Å². The first-order chi connectivity index (χ1) is 6.17. The van der Waals surface area contributed by atoms with Crippen molar-refractivity contribution in [2.45, 2.75) is 12.8 Å². The number of hydrogen-bond donors (Lipinski definition) is 0. The van der Waals surface area contributed by atoms with Crippen molar-refractivity contribution in [1.29, 1.82) is 0 Å². The van der Waals surface area contributed by atoms with Gasteiger partial charge in [-0.15, -0.1) is 0 Å².